The molecular formula is C21H40N4O3. The summed E-state index contributed by atoms with van der Waals surface area (Å²) in [5.74, 6) is 1.62. The van der Waals surface area contributed by atoms with Crippen molar-refractivity contribution >= 4 is 5.96 Å². The van der Waals surface area contributed by atoms with Crippen molar-refractivity contribution in [3.8, 4) is 0 Å². The first kappa shape index (κ1) is 21.8. The molecule has 0 amide bonds. The number of aliphatic imine (C=N–C) groups is 1. The number of rotatable bonds is 8. The van der Waals surface area contributed by atoms with Gasteiger partial charge in [-0.2, -0.15) is 0 Å². The molecule has 0 saturated carbocycles. The van der Waals surface area contributed by atoms with Crippen molar-refractivity contribution in [1.82, 2.24) is 15.1 Å². The molecule has 0 spiro atoms. The van der Waals surface area contributed by atoms with E-state index in [0.29, 0.717) is 18.1 Å². The van der Waals surface area contributed by atoms with Crippen molar-refractivity contribution < 1.29 is 14.2 Å². The van der Waals surface area contributed by atoms with Gasteiger partial charge in [-0.25, -0.2) is 0 Å². The fourth-order valence-electron chi connectivity index (χ4n) is 4.20. The average molecular weight is 397 g/mol. The van der Waals surface area contributed by atoms with E-state index >= 15 is 0 Å². The van der Waals surface area contributed by atoms with Gasteiger partial charge in [-0.3, -0.25) is 9.89 Å². The molecule has 3 rings (SSSR count). The van der Waals surface area contributed by atoms with Crippen molar-refractivity contribution in [3.63, 3.8) is 0 Å². The third kappa shape index (κ3) is 7.17. The zero-order valence-electron chi connectivity index (χ0n) is 17.9. The highest BCUT2D eigenvalue weighted by atomic mass is 16.5. The predicted octanol–water partition coefficient (Wildman–Crippen LogP) is 1.58. The topological polar surface area (TPSA) is 58.6 Å². The second-order valence-corrected chi connectivity index (χ2v) is 8.37. The van der Waals surface area contributed by atoms with Gasteiger partial charge in [0.2, 0.25) is 0 Å². The van der Waals surface area contributed by atoms with Crippen LogP contribution in [0, 0.1) is 5.92 Å². The van der Waals surface area contributed by atoms with E-state index in [4.69, 9.17) is 19.2 Å². The second-order valence-electron chi connectivity index (χ2n) is 8.37. The molecule has 28 heavy (non-hydrogen) atoms. The van der Waals surface area contributed by atoms with Crippen LogP contribution >= 0.6 is 0 Å². The molecule has 2 atom stereocenters. The Balaban J connectivity index is 1.39. The molecule has 7 heteroatoms. The molecule has 7 nitrogen and oxygen atoms in total. The number of nitrogens with zero attached hydrogens (tertiary/aromatic N) is 3. The Bertz CT molecular complexity index is 457. The number of guanidine groups is 1. The van der Waals surface area contributed by atoms with Crippen LogP contribution in [0.1, 0.15) is 39.5 Å². The summed E-state index contributed by atoms with van der Waals surface area (Å²) in [6, 6.07) is 0. The van der Waals surface area contributed by atoms with Crippen LogP contribution in [0.25, 0.3) is 0 Å². The summed E-state index contributed by atoms with van der Waals surface area (Å²) in [5, 5.41) is 3.48. The van der Waals surface area contributed by atoms with Crippen molar-refractivity contribution in [2.24, 2.45) is 10.9 Å². The van der Waals surface area contributed by atoms with E-state index < -0.39 is 0 Å². The first-order chi connectivity index (χ1) is 13.7. The quantitative estimate of drug-likeness (QED) is 0.497. The van der Waals surface area contributed by atoms with Gasteiger partial charge >= 0.3 is 0 Å². The lowest BCUT2D eigenvalue weighted by molar-refractivity contribution is -0.0367. The van der Waals surface area contributed by atoms with Crippen molar-refractivity contribution in [3.05, 3.63) is 0 Å². The molecule has 3 aliphatic rings. The third-order valence-electron chi connectivity index (χ3n) is 5.84. The number of nitrogens with one attached hydrogen (secondary N) is 1. The molecule has 0 bridgehead atoms. The van der Waals surface area contributed by atoms with Crippen LogP contribution in [0.3, 0.4) is 0 Å². The molecule has 0 aromatic heterocycles. The molecule has 0 aliphatic carbocycles. The van der Waals surface area contributed by atoms with Gasteiger partial charge in [-0.05, 0) is 38.5 Å². The number of morpholine rings is 1. The van der Waals surface area contributed by atoms with E-state index in [1.807, 2.05) is 0 Å². The highest BCUT2D eigenvalue weighted by molar-refractivity contribution is 5.80. The lowest BCUT2D eigenvalue weighted by Crippen LogP contribution is -2.47. The Hall–Kier alpha value is -0.890. The van der Waals surface area contributed by atoms with E-state index in [1.165, 1.54) is 6.42 Å². The average Bonchev–Trinajstić information content (AvgIpc) is 3.24. The van der Waals surface area contributed by atoms with Crippen LogP contribution < -0.4 is 5.32 Å². The van der Waals surface area contributed by atoms with Crippen LogP contribution in [-0.2, 0) is 14.2 Å². The molecule has 0 radical (unpaired) electrons. The molecule has 3 fully saturated rings. The summed E-state index contributed by atoms with van der Waals surface area (Å²) in [6.07, 6.45) is 5.16. The number of hydrogen-bond acceptors (Lipinski definition) is 5. The zero-order valence-corrected chi connectivity index (χ0v) is 17.9. The summed E-state index contributed by atoms with van der Waals surface area (Å²) in [5.41, 5.74) is 0. The minimum Gasteiger partial charge on any atom is -0.379 e. The van der Waals surface area contributed by atoms with Gasteiger partial charge in [0, 0.05) is 52.4 Å². The first-order valence-electron chi connectivity index (χ1n) is 11.3. The van der Waals surface area contributed by atoms with Crippen LogP contribution in [0.15, 0.2) is 4.99 Å². The van der Waals surface area contributed by atoms with Gasteiger partial charge in [0.05, 0.1) is 32.0 Å². The molecule has 1 N–H and O–H groups in total. The zero-order chi connectivity index (χ0) is 19.6. The summed E-state index contributed by atoms with van der Waals surface area (Å²) < 4.78 is 17.2. The van der Waals surface area contributed by atoms with Crippen LogP contribution in [0.2, 0.25) is 0 Å². The highest BCUT2D eigenvalue weighted by Gasteiger charge is 2.24. The van der Waals surface area contributed by atoms with E-state index in [9.17, 15) is 0 Å². The molecule has 3 aliphatic heterocycles. The van der Waals surface area contributed by atoms with Gasteiger partial charge in [-0.1, -0.05) is 6.92 Å². The van der Waals surface area contributed by atoms with Crippen LogP contribution in [-0.4, -0.2) is 100 Å². The van der Waals surface area contributed by atoms with Crippen LogP contribution in [0.5, 0.6) is 0 Å². The highest BCUT2D eigenvalue weighted by Crippen LogP contribution is 2.18. The molecule has 0 aromatic carbocycles. The van der Waals surface area contributed by atoms with Gasteiger partial charge < -0.3 is 24.4 Å². The number of piperidine rings is 1. The second kappa shape index (κ2) is 12.0. The van der Waals surface area contributed by atoms with Gasteiger partial charge in [0.25, 0.3) is 0 Å². The summed E-state index contributed by atoms with van der Waals surface area (Å²) in [7, 11) is 0. The van der Waals surface area contributed by atoms with Crippen molar-refractivity contribution in [1.29, 1.82) is 0 Å². The molecule has 3 heterocycles. The monoisotopic (exact) mass is 396 g/mol. The Labute approximate surface area is 170 Å². The maximum atomic E-state index is 6.11. The van der Waals surface area contributed by atoms with E-state index in [-0.39, 0.29) is 0 Å². The fraction of sp³-hybridized carbons (Fsp3) is 0.952. The standard InChI is InChI=1S/C21H40N4O3/c1-3-22-21(23-15-18(2)16-24-10-13-26-14-11-24)25-8-6-19(7-9-25)28-17-20-5-4-12-27-20/h18-20H,3-17H2,1-2H3,(H,22,23). The Morgan fingerprint density at radius 1 is 1.14 bits per heavy atom. The Morgan fingerprint density at radius 2 is 1.93 bits per heavy atom. The minimum absolute atomic E-state index is 0.324. The molecule has 3 saturated heterocycles. The Kier molecular flexibility index (Phi) is 9.31. The Morgan fingerprint density at radius 3 is 2.61 bits per heavy atom. The lowest BCUT2D eigenvalue weighted by Gasteiger charge is -2.34. The predicted molar refractivity (Wildman–Crippen MR) is 112 cm³/mol. The van der Waals surface area contributed by atoms with Crippen LogP contribution in [0.4, 0.5) is 0 Å². The minimum atomic E-state index is 0.324. The third-order valence-corrected chi connectivity index (χ3v) is 5.84. The summed E-state index contributed by atoms with van der Waals surface area (Å²) in [4.78, 5) is 9.84. The van der Waals surface area contributed by atoms with Gasteiger partial charge in [-0.15, -0.1) is 0 Å². The maximum Gasteiger partial charge on any atom is 0.193 e. The fourth-order valence-corrected chi connectivity index (χ4v) is 4.20. The molecular weight excluding hydrogens is 356 g/mol. The van der Waals surface area contributed by atoms with Gasteiger partial charge in [0.15, 0.2) is 5.96 Å². The maximum absolute atomic E-state index is 6.11. The number of ether oxygens (including phenoxy) is 3. The number of hydrogen-bond donors (Lipinski definition) is 1. The molecule has 162 valence electrons. The summed E-state index contributed by atoms with van der Waals surface area (Å²) >= 11 is 0. The van der Waals surface area contributed by atoms with E-state index in [1.54, 1.807) is 0 Å². The largest absolute Gasteiger partial charge is 0.379 e. The first-order valence-corrected chi connectivity index (χ1v) is 11.3. The smallest absolute Gasteiger partial charge is 0.193 e. The molecule has 0 aromatic rings. The van der Waals surface area contributed by atoms with E-state index in [2.05, 4.69) is 29.0 Å². The lowest BCUT2D eigenvalue weighted by atomic mass is 10.1. The van der Waals surface area contributed by atoms with E-state index in [0.717, 1.165) is 97.5 Å². The number of likely N-dealkylation sites (tertiary alicyclic amines) is 1. The summed E-state index contributed by atoms with van der Waals surface area (Å²) in [6.45, 7) is 14.8. The van der Waals surface area contributed by atoms with Crippen molar-refractivity contribution in [2.75, 3.05) is 72.2 Å². The van der Waals surface area contributed by atoms with Gasteiger partial charge in [0.1, 0.15) is 0 Å². The normalized spacial score (nSPS) is 26.6. The SMILES string of the molecule is CCNC(=NCC(C)CN1CCOCC1)N1CCC(OCC2CCCO2)CC1. The molecule has 2 unspecified atom stereocenters. The van der Waals surface area contributed by atoms with Crippen molar-refractivity contribution in [2.45, 2.75) is 51.7 Å².